The number of imidazole rings is 1. The molecule has 0 aliphatic carbocycles. The van der Waals surface area contributed by atoms with E-state index >= 15 is 0 Å². The number of benzene rings is 2. The summed E-state index contributed by atoms with van der Waals surface area (Å²) in [4.78, 5) is 23.2. The van der Waals surface area contributed by atoms with Gasteiger partial charge < -0.3 is 14.7 Å². The van der Waals surface area contributed by atoms with Crippen LogP contribution in [0.1, 0.15) is 21.9 Å². The van der Waals surface area contributed by atoms with Gasteiger partial charge in [0.25, 0.3) is 0 Å². The number of morpholine rings is 1. The van der Waals surface area contributed by atoms with Crippen molar-refractivity contribution in [3.05, 3.63) is 59.5 Å². The fourth-order valence-corrected chi connectivity index (χ4v) is 4.15. The van der Waals surface area contributed by atoms with E-state index in [-0.39, 0.29) is 11.3 Å². The molecule has 0 bridgehead atoms. The molecule has 1 aliphatic rings. The third-order valence-corrected chi connectivity index (χ3v) is 5.57. The van der Waals surface area contributed by atoms with Crippen LogP contribution in [-0.2, 0) is 4.74 Å². The summed E-state index contributed by atoms with van der Waals surface area (Å²) < 4.78 is 7.36. The van der Waals surface area contributed by atoms with Crippen LogP contribution < -0.4 is 4.90 Å². The molecule has 0 amide bonds. The van der Waals surface area contributed by atoms with Crippen molar-refractivity contribution < 1.29 is 14.6 Å². The zero-order valence-corrected chi connectivity index (χ0v) is 16.9. The van der Waals surface area contributed by atoms with E-state index in [1.165, 1.54) is 0 Å². The van der Waals surface area contributed by atoms with Crippen LogP contribution in [-0.4, -0.2) is 51.9 Å². The fourth-order valence-electron chi connectivity index (χ4n) is 4.15. The molecule has 0 atom stereocenters. The van der Waals surface area contributed by atoms with Crippen LogP contribution in [0, 0.1) is 18.3 Å². The lowest BCUT2D eigenvalue weighted by atomic mass is 10.1. The van der Waals surface area contributed by atoms with Crippen LogP contribution in [0.3, 0.4) is 0 Å². The molecule has 8 heteroatoms. The van der Waals surface area contributed by atoms with E-state index in [1.54, 1.807) is 12.1 Å². The molecule has 154 valence electrons. The topological polar surface area (TPSA) is 104 Å². The van der Waals surface area contributed by atoms with Gasteiger partial charge in [0.2, 0.25) is 0 Å². The number of nitriles is 1. The predicted molar refractivity (Wildman–Crippen MR) is 116 cm³/mol. The molecular formula is C23H19N5O3. The molecule has 8 nitrogen and oxygen atoms in total. The maximum Gasteiger partial charge on any atom is 0.338 e. The van der Waals surface area contributed by atoms with Crippen LogP contribution in [0.5, 0.6) is 0 Å². The maximum atomic E-state index is 12.1. The number of hydrogen-bond acceptors (Lipinski definition) is 6. The average molecular weight is 413 g/mol. The van der Waals surface area contributed by atoms with Crippen LogP contribution in [0.2, 0.25) is 0 Å². The van der Waals surface area contributed by atoms with Crippen molar-refractivity contribution >= 4 is 33.6 Å². The third kappa shape index (κ3) is 3.16. The van der Waals surface area contributed by atoms with Gasteiger partial charge in [-0.3, -0.25) is 4.57 Å². The van der Waals surface area contributed by atoms with E-state index in [1.807, 2.05) is 41.8 Å². The number of nitrogens with zero attached hydrogens (tertiary/aromatic N) is 5. The number of fused-ring (bicyclic) bond motifs is 2. The summed E-state index contributed by atoms with van der Waals surface area (Å²) in [5, 5.41) is 20.2. The van der Waals surface area contributed by atoms with Crippen LogP contribution in [0.4, 0.5) is 5.69 Å². The second kappa shape index (κ2) is 7.38. The number of aryl methyl sites for hydroxylation is 1. The van der Waals surface area contributed by atoms with Gasteiger partial charge in [0.05, 0.1) is 35.5 Å². The predicted octanol–water partition coefficient (Wildman–Crippen LogP) is 3.29. The smallest absolute Gasteiger partial charge is 0.338 e. The van der Waals surface area contributed by atoms with Crippen molar-refractivity contribution in [2.24, 2.45) is 0 Å². The van der Waals surface area contributed by atoms with Gasteiger partial charge in [-0.15, -0.1) is 0 Å². The highest BCUT2D eigenvalue weighted by Gasteiger charge is 2.22. The molecule has 0 radical (unpaired) electrons. The molecule has 0 spiro atoms. The van der Waals surface area contributed by atoms with Crippen molar-refractivity contribution in [3.63, 3.8) is 0 Å². The summed E-state index contributed by atoms with van der Waals surface area (Å²) in [5.41, 5.74) is 3.80. The minimum atomic E-state index is -1.03. The lowest BCUT2D eigenvalue weighted by molar-refractivity contribution is 0.0699. The molecule has 5 rings (SSSR count). The Balaban J connectivity index is 1.84. The van der Waals surface area contributed by atoms with Gasteiger partial charge in [0.15, 0.2) is 0 Å². The van der Waals surface area contributed by atoms with E-state index in [0.29, 0.717) is 48.7 Å². The molecule has 1 aliphatic heterocycles. The Morgan fingerprint density at radius 3 is 2.68 bits per heavy atom. The van der Waals surface area contributed by atoms with E-state index in [0.717, 1.165) is 16.8 Å². The number of pyridine rings is 1. The minimum Gasteiger partial charge on any atom is -0.478 e. The summed E-state index contributed by atoms with van der Waals surface area (Å²) in [6, 6.07) is 15.1. The Bertz CT molecular complexity index is 1380. The van der Waals surface area contributed by atoms with E-state index in [2.05, 4.69) is 20.9 Å². The first-order valence-corrected chi connectivity index (χ1v) is 9.96. The number of aromatic nitrogens is 3. The van der Waals surface area contributed by atoms with Gasteiger partial charge in [0, 0.05) is 24.2 Å². The average Bonchev–Trinajstić information content (AvgIpc) is 3.13. The van der Waals surface area contributed by atoms with Crippen LogP contribution in [0.15, 0.2) is 42.5 Å². The SMILES string of the molecule is Cc1nc2c(C(=O)O)cc(N3CCOCC3)cc2n1-c1cc(C#N)nc2ccccc12. The van der Waals surface area contributed by atoms with Crippen molar-refractivity contribution in [1.29, 1.82) is 5.26 Å². The first-order valence-electron chi connectivity index (χ1n) is 9.96. The molecular weight excluding hydrogens is 394 g/mol. The minimum absolute atomic E-state index is 0.153. The molecule has 1 N–H and O–H groups in total. The zero-order valence-electron chi connectivity index (χ0n) is 16.9. The fraction of sp³-hybridized carbons (Fsp3) is 0.217. The highest BCUT2D eigenvalue weighted by molar-refractivity contribution is 6.04. The summed E-state index contributed by atoms with van der Waals surface area (Å²) in [5.74, 6) is -0.390. The molecule has 1 fully saturated rings. The number of carbonyl (C=O) groups is 1. The number of hydrogen-bond donors (Lipinski definition) is 1. The number of carboxylic acids is 1. The molecule has 0 unspecified atom stereocenters. The van der Waals surface area contributed by atoms with Gasteiger partial charge in [-0.2, -0.15) is 5.26 Å². The zero-order chi connectivity index (χ0) is 21.5. The normalized spacial score (nSPS) is 14.1. The second-order valence-electron chi connectivity index (χ2n) is 7.42. The Hall–Kier alpha value is -3.96. The molecule has 2 aromatic heterocycles. The van der Waals surface area contributed by atoms with Gasteiger partial charge in [-0.25, -0.2) is 14.8 Å². The first kappa shape index (κ1) is 19.0. The molecule has 0 saturated carbocycles. The number of anilines is 1. The maximum absolute atomic E-state index is 12.1. The van der Waals surface area contributed by atoms with Gasteiger partial charge in [-0.1, -0.05) is 18.2 Å². The summed E-state index contributed by atoms with van der Waals surface area (Å²) in [6.45, 7) is 4.41. The lowest BCUT2D eigenvalue weighted by Crippen LogP contribution is -2.36. The van der Waals surface area contributed by atoms with Gasteiger partial charge in [-0.05, 0) is 31.2 Å². The van der Waals surface area contributed by atoms with Crippen LogP contribution in [0.25, 0.3) is 27.6 Å². The Morgan fingerprint density at radius 1 is 1.16 bits per heavy atom. The monoisotopic (exact) mass is 413 g/mol. The highest BCUT2D eigenvalue weighted by atomic mass is 16.5. The quantitative estimate of drug-likeness (QED) is 0.549. The van der Waals surface area contributed by atoms with Gasteiger partial charge >= 0.3 is 5.97 Å². The molecule has 1 saturated heterocycles. The van der Waals surface area contributed by atoms with Crippen molar-refractivity contribution in [2.45, 2.75) is 6.92 Å². The summed E-state index contributed by atoms with van der Waals surface area (Å²) >= 11 is 0. The van der Waals surface area contributed by atoms with Crippen molar-refractivity contribution in [1.82, 2.24) is 14.5 Å². The molecule has 4 aromatic rings. The van der Waals surface area contributed by atoms with Crippen molar-refractivity contribution in [2.75, 3.05) is 31.2 Å². The Labute approximate surface area is 177 Å². The number of rotatable bonds is 3. The number of para-hydroxylation sites is 1. The highest BCUT2D eigenvalue weighted by Crippen LogP contribution is 2.32. The second-order valence-corrected chi connectivity index (χ2v) is 7.42. The van der Waals surface area contributed by atoms with E-state index in [4.69, 9.17) is 4.74 Å². The summed E-state index contributed by atoms with van der Waals surface area (Å²) in [7, 11) is 0. The third-order valence-electron chi connectivity index (χ3n) is 5.57. The number of aromatic carboxylic acids is 1. The first-order chi connectivity index (χ1) is 15.1. The number of carboxylic acid groups (broad SMARTS) is 1. The molecule has 3 heterocycles. The molecule has 31 heavy (non-hydrogen) atoms. The largest absolute Gasteiger partial charge is 0.478 e. The molecule has 2 aromatic carbocycles. The Kier molecular flexibility index (Phi) is 4.53. The summed E-state index contributed by atoms with van der Waals surface area (Å²) in [6.07, 6.45) is 0. The van der Waals surface area contributed by atoms with Crippen LogP contribution >= 0.6 is 0 Å². The Morgan fingerprint density at radius 2 is 1.94 bits per heavy atom. The number of ether oxygens (including phenoxy) is 1. The van der Waals surface area contributed by atoms with Crippen molar-refractivity contribution in [3.8, 4) is 11.8 Å². The van der Waals surface area contributed by atoms with E-state index < -0.39 is 5.97 Å². The lowest BCUT2D eigenvalue weighted by Gasteiger charge is -2.29. The van der Waals surface area contributed by atoms with Gasteiger partial charge in [0.1, 0.15) is 23.1 Å². The van der Waals surface area contributed by atoms with E-state index in [9.17, 15) is 15.2 Å². The standard InChI is InChI=1S/C23H19N5O3/c1-14-25-22-18(23(29)30)11-16(27-6-8-31-9-7-27)12-21(22)28(14)20-10-15(13-24)26-19-5-3-2-4-17(19)20/h2-5,10-12H,6-9H2,1H3,(H,29,30).